The minimum atomic E-state index is -0.448. The molecule has 1 aromatic heterocycles. The number of nitrogens with one attached hydrogen (secondary N) is 2. The Morgan fingerprint density at radius 1 is 1.06 bits per heavy atom. The van der Waals surface area contributed by atoms with Crippen molar-refractivity contribution in [2.45, 2.75) is 38.8 Å². The molecule has 1 atom stereocenters. The van der Waals surface area contributed by atoms with E-state index in [4.69, 9.17) is 9.15 Å². The van der Waals surface area contributed by atoms with E-state index >= 15 is 0 Å². The average molecular weight is 431 g/mol. The lowest BCUT2D eigenvalue weighted by Gasteiger charge is -2.38. The smallest absolute Gasteiger partial charge is 0.268 e. The van der Waals surface area contributed by atoms with Crippen LogP contribution in [0.15, 0.2) is 77.0 Å². The lowest BCUT2D eigenvalue weighted by atomic mass is 9.89. The van der Waals surface area contributed by atoms with Crippen molar-refractivity contribution in [2.24, 2.45) is 0 Å². The van der Waals surface area contributed by atoms with Gasteiger partial charge in [0.05, 0.1) is 12.3 Å². The minimum absolute atomic E-state index is 0.103. The van der Waals surface area contributed by atoms with E-state index in [0.29, 0.717) is 17.7 Å². The van der Waals surface area contributed by atoms with Crippen molar-refractivity contribution in [3.8, 4) is 5.75 Å². The van der Waals surface area contributed by atoms with E-state index in [2.05, 4.69) is 10.6 Å². The summed E-state index contributed by atoms with van der Waals surface area (Å²) in [5.41, 5.74) is 2.11. The van der Waals surface area contributed by atoms with E-state index < -0.39 is 11.5 Å². The van der Waals surface area contributed by atoms with Crippen LogP contribution in [-0.4, -0.2) is 17.4 Å². The molecule has 6 heteroatoms. The van der Waals surface area contributed by atoms with Crippen molar-refractivity contribution in [1.82, 2.24) is 10.6 Å². The van der Waals surface area contributed by atoms with Gasteiger partial charge in [-0.05, 0) is 56.7 Å². The number of hydrogen-bond donors (Lipinski definition) is 2. The zero-order chi connectivity index (χ0) is 22.7. The number of carbonyl (C=O) groups excluding carboxylic acids is 2. The summed E-state index contributed by atoms with van der Waals surface area (Å²) >= 11 is 0. The Morgan fingerprint density at radius 2 is 1.84 bits per heavy atom. The van der Waals surface area contributed by atoms with Gasteiger partial charge >= 0.3 is 0 Å². The molecule has 0 aliphatic carbocycles. The molecule has 0 bridgehead atoms. The molecule has 4 rings (SSSR count). The highest BCUT2D eigenvalue weighted by Crippen LogP contribution is 2.40. The Morgan fingerprint density at radius 3 is 2.56 bits per heavy atom. The second-order valence-electron chi connectivity index (χ2n) is 8.53. The Balaban J connectivity index is 1.61. The first-order valence-corrected chi connectivity index (χ1v) is 10.5. The molecule has 0 unspecified atom stereocenters. The van der Waals surface area contributed by atoms with Crippen LogP contribution in [0.3, 0.4) is 0 Å². The first kappa shape index (κ1) is 21.4. The summed E-state index contributed by atoms with van der Waals surface area (Å²) in [4.78, 5) is 26.1. The van der Waals surface area contributed by atoms with Gasteiger partial charge in [-0.2, -0.15) is 0 Å². The number of amides is 2. The molecule has 0 spiro atoms. The quantitative estimate of drug-likeness (QED) is 0.571. The molecule has 32 heavy (non-hydrogen) atoms. The Labute approximate surface area is 187 Å². The largest absolute Gasteiger partial charge is 0.487 e. The summed E-state index contributed by atoms with van der Waals surface area (Å²) in [5, 5.41) is 5.81. The van der Waals surface area contributed by atoms with Gasteiger partial charge in [0, 0.05) is 23.6 Å². The summed E-state index contributed by atoms with van der Waals surface area (Å²) in [6.07, 6.45) is 3.63. The summed E-state index contributed by atoms with van der Waals surface area (Å²) < 4.78 is 11.5. The van der Waals surface area contributed by atoms with Crippen LogP contribution in [0.2, 0.25) is 0 Å². The second-order valence-corrected chi connectivity index (χ2v) is 8.53. The van der Waals surface area contributed by atoms with E-state index in [9.17, 15) is 9.59 Å². The molecule has 2 aromatic carbocycles. The van der Waals surface area contributed by atoms with Crippen molar-refractivity contribution in [3.05, 3.63) is 95.1 Å². The lowest BCUT2D eigenvalue weighted by Crippen LogP contribution is -2.43. The number of furan rings is 1. The highest BCUT2D eigenvalue weighted by Gasteiger charge is 2.35. The van der Waals surface area contributed by atoms with Crippen LogP contribution < -0.4 is 15.4 Å². The van der Waals surface area contributed by atoms with Gasteiger partial charge in [0.15, 0.2) is 0 Å². The average Bonchev–Trinajstić information content (AvgIpc) is 3.26. The molecule has 6 nitrogen and oxygen atoms in total. The molecule has 164 valence electrons. The molecule has 3 aromatic rings. The SMILES string of the molecule is Cc1ccc2c(c1)OC(C)(C)C[C@@H]2NC(=O)/C(=C/c1ccco1)NC(=O)c1ccccc1. The number of benzene rings is 2. The summed E-state index contributed by atoms with van der Waals surface area (Å²) in [7, 11) is 0. The maximum Gasteiger partial charge on any atom is 0.268 e. The fourth-order valence-electron chi connectivity index (χ4n) is 3.78. The number of carbonyl (C=O) groups is 2. The monoisotopic (exact) mass is 430 g/mol. The number of ether oxygens (including phenoxy) is 1. The molecule has 1 aliphatic rings. The van der Waals surface area contributed by atoms with Crippen LogP contribution >= 0.6 is 0 Å². The Hall–Kier alpha value is -3.80. The third-order valence-electron chi connectivity index (χ3n) is 5.29. The van der Waals surface area contributed by atoms with Crippen LogP contribution in [-0.2, 0) is 4.79 Å². The van der Waals surface area contributed by atoms with Gasteiger partial charge in [-0.1, -0.05) is 30.3 Å². The number of hydrogen-bond acceptors (Lipinski definition) is 4. The Bertz CT molecular complexity index is 1150. The third kappa shape index (κ3) is 4.91. The zero-order valence-electron chi connectivity index (χ0n) is 18.3. The molecule has 0 saturated heterocycles. The van der Waals surface area contributed by atoms with Gasteiger partial charge in [-0.3, -0.25) is 9.59 Å². The van der Waals surface area contributed by atoms with Crippen molar-refractivity contribution >= 4 is 17.9 Å². The molecule has 0 radical (unpaired) electrons. The van der Waals surface area contributed by atoms with Gasteiger partial charge in [0.2, 0.25) is 0 Å². The highest BCUT2D eigenvalue weighted by molar-refractivity contribution is 6.05. The van der Waals surface area contributed by atoms with Crippen LogP contribution in [0.25, 0.3) is 6.08 Å². The second kappa shape index (κ2) is 8.75. The van der Waals surface area contributed by atoms with Crippen LogP contribution in [0.1, 0.15) is 53.6 Å². The van der Waals surface area contributed by atoms with E-state index in [1.807, 2.05) is 45.0 Å². The molecule has 2 heterocycles. The fourth-order valence-corrected chi connectivity index (χ4v) is 3.78. The van der Waals surface area contributed by atoms with E-state index in [0.717, 1.165) is 16.9 Å². The first-order valence-electron chi connectivity index (χ1n) is 10.5. The molecular weight excluding hydrogens is 404 g/mol. The molecule has 0 saturated carbocycles. The summed E-state index contributed by atoms with van der Waals surface area (Å²) in [6, 6.07) is 17.9. The number of rotatable bonds is 5. The summed E-state index contributed by atoms with van der Waals surface area (Å²) in [6.45, 7) is 5.99. The topological polar surface area (TPSA) is 80.6 Å². The summed E-state index contributed by atoms with van der Waals surface area (Å²) in [5.74, 6) is 0.449. The number of fused-ring (bicyclic) bond motifs is 1. The van der Waals surface area contributed by atoms with Crippen LogP contribution in [0.4, 0.5) is 0 Å². The predicted octanol–water partition coefficient (Wildman–Crippen LogP) is 4.78. The van der Waals surface area contributed by atoms with E-state index in [-0.39, 0.29) is 17.6 Å². The van der Waals surface area contributed by atoms with Gasteiger partial charge < -0.3 is 19.8 Å². The van der Waals surface area contributed by atoms with Gasteiger partial charge in [-0.15, -0.1) is 0 Å². The lowest BCUT2D eigenvalue weighted by molar-refractivity contribution is -0.119. The normalized spacial score (nSPS) is 17.1. The third-order valence-corrected chi connectivity index (χ3v) is 5.29. The fraction of sp³-hybridized carbons (Fsp3) is 0.231. The molecule has 0 fully saturated rings. The van der Waals surface area contributed by atoms with Gasteiger partial charge in [-0.25, -0.2) is 0 Å². The van der Waals surface area contributed by atoms with Crippen molar-refractivity contribution in [3.63, 3.8) is 0 Å². The molecule has 2 amide bonds. The van der Waals surface area contributed by atoms with E-state index in [1.165, 1.54) is 12.3 Å². The maximum atomic E-state index is 13.3. The highest BCUT2D eigenvalue weighted by atomic mass is 16.5. The van der Waals surface area contributed by atoms with Gasteiger partial charge in [0.25, 0.3) is 11.8 Å². The zero-order valence-corrected chi connectivity index (χ0v) is 18.3. The maximum absolute atomic E-state index is 13.3. The van der Waals surface area contributed by atoms with Crippen molar-refractivity contribution < 1.29 is 18.7 Å². The van der Waals surface area contributed by atoms with Crippen molar-refractivity contribution in [1.29, 1.82) is 0 Å². The van der Waals surface area contributed by atoms with Crippen LogP contribution in [0, 0.1) is 6.92 Å². The molecule has 2 N–H and O–H groups in total. The predicted molar refractivity (Wildman–Crippen MR) is 122 cm³/mol. The molecule has 1 aliphatic heterocycles. The number of aryl methyl sites for hydroxylation is 1. The Kier molecular flexibility index (Phi) is 5.86. The first-order chi connectivity index (χ1) is 15.3. The van der Waals surface area contributed by atoms with Crippen molar-refractivity contribution in [2.75, 3.05) is 0 Å². The van der Waals surface area contributed by atoms with E-state index in [1.54, 1.807) is 36.4 Å². The standard InChI is InChI=1S/C26H26N2O4/c1-17-11-12-20-22(16-26(2,3)32-23(20)14-17)28-25(30)21(15-19-10-7-13-31-19)27-24(29)18-8-5-4-6-9-18/h4-15,22H,16H2,1-3H3,(H,27,29)(H,28,30)/b21-15-/t22-/m0/s1. The molecular formula is C26H26N2O4. The van der Waals surface area contributed by atoms with Crippen LogP contribution in [0.5, 0.6) is 5.75 Å². The van der Waals surface area contributed by atoms with Gasteiger partial charge in [0.1, 0.15) is 22.8 Å². The minimum Gasteiger partial charge on any atom is -0.487 e.